The van der Waals surface area contributed by atoms with Gasteiger partial charge in [0.1, 0.15) is 5.92 Å². The molecule has 0 bridgehead atoms. The van der Waals surface area contributed by atoms with Crippen LogP contribution in [-0.4, -0.2) is 23.5 Å². The lowest BCUT2D eigenvalue weighted by Crippen LogP contribution is -2.30. The minimum Gasteiger partial charge on any atom is -0.481 e. The third kappa shape index (κ3) is 1.96. The quantitative estimate of drug-likeness (QED) is 0.927. The Morgan fingerprint density at radius 2 is 2.05 bits per heavy atom. The second-order valence-corrected chi connectivity index (χ2v) is 6.91. The van der Waals surface area contributed by atoms with E-state index in [0.29, 0.717) is 0 Å². The number of aliphatic carboxylic acids is 1. The van der Waals surface area contributed by atoms with Gasteiger partial charge in [0.25, 0.3) is 5.91 Å². The molecule has 1 N–H and O–H groups in total. The van der Waals surface area contributed by atoms with Gasteiger partial charge in [0.15, 0.2) is 0 Å². The van der Waals surface area contributed by atoms with Crippen molar-refractivity contribution in [3.8, 4) is 0 Å². The second kappa shape index (κ2) is 4.95. The van der Waals surface area contributed by atoms with E-state index in [4.69, 9.17) is 0 Å². The summed E-state index contributed by atoms with van der Waals surface area (Å²) in [5.41, 5.74) is 2.75. The van der Waals surface area contributed by atoms with Gasteiger partial charge in [-0.05, 0) is 42.5 Å². The number of aryl methyl sites for hydroxylation is 2. The van der Waals surface area contributed by atoms with E-state index in [-0.39, 0.29) is 12.5 Å². The number of thiophene rings is 1. The third-order valence-electron chi connectivity index (χ3n) is 4.47. The summed E-state index contributed by atoms with van der Waals surface area (Å²) in [5, 5.41) is 9.39. The first kappa shape index (κ1) is 13.5. The molecule has 1 atom stereocenters. The Kier molecular flexibility index (Phi) is 3.04. The summed E-state index contributed by atoms with van der Waals surface area (Å²) in [5.74, 6) is -1.58. The number of carboxylic acids is 1. The van der Waals surface area contributed by atoms with E-state index in [1.165, 1.54) is 16.9 Å². The first-order valence-electron chi connectivity index (χ1n) is 7.40. The SMILES string of the molecule is O=C(O)C1CN(C(=O)c2cc3c(s2)CCC3)c2ccccc21. The molecule has 0 saturated heterocycles. The predicted molar refractivity (Wildman–Crippen MR) is 84.8 cm³/mol. The van der Waals surface area contributed by atoms with Crippen molar-refractivity contribution in [2.75, 3.05) is 11.4 Å². The number of hydrogen-bond donors (Lipinski definition) is 1. The lowest BCUT2D eigenvalue weighted by atomic mass is 10.0. The number of anilines is 1. The van der Waals surface area contributed by atoms with Gasteiger partial charge in [-0.3, -0.25) is 9.59 Å². The van der Waals surface area contributed by atoms with E-state index in [1.54, 1.807) is 22.3 Å². The Morgan fingerprint density at radius 3 is 2.82 bits per heavy atom. The zero-order chi connectivity index (χ0) is 15.3. The summed E-state index contributed by atoms with van der Waals surface area (Å²) in [6, 6.07) is 9.29. The van der Waals surface area contributed by atoms with Crippen molar-refractivity contribution >= 4 is 28.9 Å². The van der Waals surface area contributed by atoms with Gasteiger partial charge in [-0.2, -0.15) is 0 Å². The molecule has 1 aliphatic carbocycles. The van der Waals surface area contributed by atoms with Crippen LogP contribution in [0.2, 0.25) is 0 Å². The fraction of sp³-hybridized carbons (Fsp3) is 0.294. The Labute approximate surface area is 132 Å². The van der Waals surface area contributed by atoms with Crippen molar-refractivity contribution in [2.24, 2.45) is 0 Å². The molecule has 2 aliphatic rings. The monoisotopic (exact) mass is 313 g/mol. The van der Waals surface area contributed by atoms with Gasteiger partial charge in [0, 0.05) is 17.1 Å². The fourth-order valence-corrected chi connectivity index (χ4v) is 4.58. The van der Waals surface area contributed by atoms with Crippen LogP contribution in [0.25, 0.3) is 0 Å². The smallest absolute Gasteiger partial charge is 0.312 e. The maximum Gasteiger partial charge on any atom is 0.312 e. The van der Waals surface area contributed by atoms with Crippen molar-refractivity contribution in [3.63, 3.8) is 0 Å². The van der Waals surface area contributed by atoms with E-state index in [2.05, 4.69) is 0 Å². The number of carbonyl (C=O) groups excluding carboxylic acids is 1. The van der Waals surface area contributed by atoms with Crippen LogP contribution < -0.4 is 4.90 Å². The summed E-state index contributed by atoms with van der Waals surface area (Å²) < 4.78 is 0. The molecule has 1 aliphatic heterocycles. The van der Waals surface area contributed by atoms with Crippen LogP contribution in [-0.2, 0) is 17.6 Å². The van der Waals surface area contributed by atoms with Gasteiger partial charge in [-0.25, -0.2) is 0 Å². The van der Waals surface area contributed by atoms with Crippen molar-refractivity contribution in [1.29, 1.82) is 0 Å². The maximum absolute atomic E-state index is 12.8. The van der Waals surface area contributed by atoms with Crippen LogP contribution in [0.5, 0.6) is 0 Å². The van der Waals surface area contributed by atoms with Gasteiger partial charge < -0.3 is 10.0 Å². The first-order chi connectivity index (χ1) is 10.6. The number of rotatable bonds is 2. The highest BCUT2D eigenvalue weighted by Gasteiger charge is 2.37. The summed E-state index contributed by atoms with van der Waals surface area (Å²) in [6.45, 7) is 0.218. The van der Waals surface area contributed by atoms with Gasteiger partial charge in [0.2, 0.25) is 0 Å². The van der Waals surface area contributed by atoms with Gasteiger partial charge in [0.05, 0.1) is 4.88 Å². The molecule has 1 amide bonds. The van der Waals surface area contributed by atoms with Gasteiger partial charge in [-0.15, -0.1) is 11.3 Å². The molecule has 4 nitrogen and oxygen atoms in total. The molecule has 1 aromatic carbocycles. The van der Waals surface area contributed by atoms with Crippen LogP contribution in [0.4, 0.5) is 5.69 Å². The van der Waals surface area contributed by atoms with Crippen molar-refractivity contribution < 1.29 is 14.7 Å². The average Bonchev–Trinajstić information content (AvgIpc) is 3.18. The average molecular weight is 313 g/mol. The zero-order valence-corrected chi connectivity index (χ0v) is 12.7. The molecule has 4 rings (SSSR count). The number of hydrogen-bond acceptors (Lipinski definition) is 3. The van der Waals surface area contributed by atoms with Gasteiger partial charge in [-0.1, -0.05) is 18.2 Å². The van der Waals surface area contributed by atoms with E-state index in [1.807, 2.05) is 24.3 Å². The van der Waals surface area contributed by atoms with Crippen LogP contribution in [0.1, 0.15) is 38.0 Å². The molecular formula is C17H15NO3S. The summed E-state index contributed by atoms with van der Waals surface area (Å²) in [7, 11) is 0. The highest BCUT2D eigenvalue weighted by Crippen LogP contribution is 2.39. The number of nitrogens with zero attached hydrogens (tertiary/aromatic N) is 1. The normalized spacial score (nSPS) is 19.1. The van der Waals surface area contributed by atoms with Crippen molar-refractivity contribution in [1.82, 2.24) is 0 Å². The molecule has 112 valence electrons. The van der Waals surface area contributed by atoms with Crippen molar-refractivity contribution in [3.05, 3.63) is 51.2 Å². The van der Waals surface area contributed by atoms with E-state index < -0.39 is 11.9 Å². The van der Waals surface area contributed by atoms with Gasteiger partial charge >= 0.3 is 5.97 Å². The maximum atomic E-state index is 12.8. The summed E-state index contributed by atoms with van der Waals surface area (Å²) in [6.07, 6.45) is 3.28. The second-order valence-electron chi connectivity index (χ2n) is 5.78. The summed E-state index contributed by atoms with van der Waals surface area (Å²) >= 11 is 1.56. The highest BCUT2D eigenvalue weighted by atomic mass is 32.1. The highest BCUT2D eigenvalue weighted by molar-refractivity contribution is 7.14. The number of benzene rings is 1. The van der Waals surface area contributed by atoms with Crippen LogP contribution in [0.15, 0.2) is 30.3 Å². The number of fused-ring (bicyclic) bond motifs is 2. The molecule has 1 unspecified atom stereocenters. The number of carbonyl (C=O) groups is 2. The van der Waals surface area contributed by atoms with E-state index in [0.717, 1.165) is 29.0 Å². The van der Waals surface area contributed by atoms with E-state index >= 15 is 0 Å². The fourth-order valence-electron chi connectivity index (χ4n) is 3.38. The van der Waals surface area contributed by atoms with Crippen LogP contribution in [0.3, 0.4) is 0 Å². The molecule has 0 spiro atoms. The number of amides is 1. The topological polar surface area (TPSA) is 57.6 Å². The molecule has 0 saturated carbocycles. The minimum atomic E-state index is -0.878. The lowest BCUT2D eigenvalue weighted by Gasteiger charge is -2.16. The zero-order valence-electron chi connectivity index (χ0n) is 11.9. The Morgan fingerprint density at radius 1 is 1.23 bits per heavy atom. The number of para-hydroxylation sites is 1. The minimum absolute atomic E-state index is 0.0735. The molecule has 2 aromatic rings. The van der Waals surface area contributed by atoms with Crippen LogP contribution >= 0.6 is 11.3 Å². The van der Waals surface area contributed by atoms with E-state index in [9.17, 15) is 14.7 Å². The largest absolute Gasteiger partial charge is 0.481 e. The molecule has 0 fully saturated rings. The molecule has 2 heterocycles. The third-order valence-corrected chi connectivity index (χ3v) is 5.69. The number of carboxylic acid groups (broad SMARTS) is 1. The molecule has 5 heteroatoms. The standard InChI is InChI=1S/C17H15NO3S/c19-16(15-8-10-4-3-7-14(10)22-15)18-9-12(17(20)21)11-5-1-2-6-13(11)18/h1-2,5-6,8,12H,3-4,7,9H2,(H,20,21). The summed E-state index contributed by atoms with van der Waals surface area (Å²) in [4.78, 5) is 27.9. The Hall–Kier alpha value is -2.14. The molecule has 1 aromatic heterocycles. The first-order valence-corrected chi connectivity index (χ1v) is 8.22. The molecule has 0 radical (unpaired) electrons. The molecular weight excluding hydrogens is 298 g/mol. The molecule has 22 heavy (non-hydrogen) atoms. The Balaban J connectivity index is 1.70. The van der Waals surface area contributed by atoms with Crippen LogP contribution in [0, 0.1) is 0 Å². The lowest BCUT2D eigenvalue weighted by molar-refractivity contribution is -0.138. The predicted octanol–water partition coefficient (Wildman–Crippen LogP) is 3.07. The van der Waals surface area contributed by atoms with Crippen molar-refractivity contribution in [2.45, 2.75) is 25.2 Å². The Bertz CT molecular complexity index is 758.